The quantitative estimate of drug-likeness (QED) is 0.328. The Kier molecular flexibility index (Phi) is 7.05. The summed E-state index contributed by atoms with van der Waals surface area (Å²) in [7, 11) is 0. The lowest BCUT2D eigenvalue weighted by atomic mass is 10.1. The van der Waals surface area contributed by atoms with Gasteiger partial charge in [0.2, 0.25) is 5.95 Å². The molecule has 0 aliphatic carbocycles. The highest BCUT2D eigenvalue weighted by molar-refractivity contribution is 7.78. The van der Waals surface area contributed by atoms with Gasteiger partial charge in [-0.25, -0.2) is 14.2 Å². The first kappa shape index (κ1) is 23.2. The molecule has 34 heavy (non-hydrogen) atoms. The van der Waals surface area contributed by atoms with E-state index in [2.05, 4.69) is 25.6 Å². The van der Waals surface area contributed by atoms with Gasteiger partial charge in [-0.15, -0.1) is 0 Å². The maximum atomic E-state index is 12.8. The summed E-state index contributed by atoms with van der Waals surface area (Å²) in [6.45, 7) is 3.76. The summed E-state index contributed by atoms with van der Waals surface area (Å²) in [5.74, 6) is 0.190. The fraction of sp³-hybridized carbons (Fsp3) is 0.120. The van der Waals surface area contributed by atoms with Crippen molar-refractivity contribution >= 4 is 34.3 Å². The predicted molar refractivity (Wildman–Crippen MR) is 133 cm³/mol. The Hall–Kier alpha value is -3.95. The van der Waals surface area contributed by atoms with Gasteiger partial charge in [-0.2, -0.15) is 0 Å². The zero-order chi connectivity index (χ0) is 24.1. The molecule has 2 aromatic carbocycles. The van der Waals surface area contributed by atoms with Crippen LogP contribution in [-0.2, 0) is 16.8 Å². The minimum Gasteiger partial charge on any atom is -0.324 e. The molecule has 1 unspecified atom stereocenters. The molecule has 4 rings (SSSR count). The van der Waals surface area contributed by atoms with Crippen LogP contribution in [0.15, 0.2) is 73.2 Å². The SMILES string of the molecule is Cc1cc(C(=O)Nc2ccc(C)c(Nc3nccc(-c4cccnc4)n3)c2)ccc1CS(=O)O. The number of carbonyl (C=O) groups is 1. The van der Waals surface area contributed by atoms with Crippen LogP contribution in [0, 0.1) is 13.8 Å². The van der Waals surface area contributed by atoms with E-state index >= 15 is 0 Å². The second kappa shape index (κ2) is 10.3. The number of anilines is 3. The Morgan fingerprint density at radius 1 is 1.03 bits per heavy atom. The van der Waals surface area contributed by atoms with Gasteiger partial charge in [0.25, 0.3) is 5.91 Å². The number of benzene rings is 2. The molecular weight excluding hydrogens is 450 g/mol. The number of carbonyl (C=O) groups excluding carboxylic acids is 1. The van der Waals surface area contributed by atoms with Gasteiger partial charge in [-0.05, 0) is 73.0 Å². The normalized spacial score (nSPS) is 11.6. The van der Waals surface area contributed by atoms with Gasteiger partial charge >= 0.3 is 0 Å². The third-order valence-electron chi connectivity index (χ3n) is 5.24. The highest BCUT2D eigenvalue weighted by atomic mass is 32.2. The molecule has 2 heterocycles. The molecule has 1 atom stereocenters. The van der Waals surface area contributed by atoms with Gasteiger partial charge in [-0.1, -0.05) is 12.1 Å². The van der Waals surface area contributed by atoms with Gasteiger partial charge in [0.05, 0.1) is 11.4 Å². The van der Waals surface area contributed by atoms with Crippen molar-refractivity contribution in [1.29, 1.82) is 0 Å². The first-order chi connectivity index (χ1) is 16.4. The number of aromatic nitrogens is 3. The minimum atomic E-state index is -1.93. The van der Waals surface area contributed by atoms with Crippen molar-refractivity contribution in [3.05, 3.63) is 95.4 Å². The molecule has 0 radical (unpaired) electrons. The van der Waals surface area contributed by atoms with Crippen molar-refractivity contribution < 1.29 is 13.6 Å². The van der Waals surface area contributed by atoms with E-state index in [4.69, 9.17) is 4.55 Å². The van der Waals surface area contributed by atoms with Crippen LogP contribution < -0.4 is 10.6 Å². The van der Waals surface area contributed by atoms with Crippen molar-refractivity contribution in [1.82, 2.24) is 15.0 Å². The third kappa shape index (κ3) is 5.69. The molecule has 0 bridgehead atoms. The monoisotopic (exact) mass is 473 g/mol. The average Bonchev–Trinajstić information content (AvgIpc) is 2.83. The van der Waals surface area contributed by atoms with E-state index in [0.717, 1.165) is 33.6 Å². The molecule has 8 nitrogen and oxygen atoms in total. The summed E-state index contributed by atoms with van der Waals surface area (Å²) >= 11 is -1.93. The van der Waals surface area contributed by atoms with Crippen molar-refractivity contribution in [3.8, 4) is 11.3 Å². The summed E-state index contributed by atoms with van der Waals surface area (Å²) in [4.78, 5) is 25.8. The van der Waals surface area contributed by atoms with Crippen LogP contribution >= 0.6 is 0 Å². The van der Waals surface area contributed by atoms with Crippen LogP contribution in [0.25, 0.3) is 11.3 Å². The number of hydrogen-bond donors (Lipinski definition) is 3. The zero-order valence-electron chi connectivity index (χ0n) is 18.6. The largest absolute Gasteiger partial charge is 0.324 e. The van der Waals surface area contributed by atoms with Crippen molar-refractivity contribution in [2.75, 3.05) is 10.6 Å². The number of aryl methyl sites for hydroxylation is 2. The lowest BCUT2D eigenvalue weighted by molar-refractivity contribution is 0.102. The maximum absolute atomic E-state index is 12.8. The maximum Gasteiger partial charge on any atom is 0.255 e. The molecule has 3 N–H and O–H groups in total. The van der Waals surface area contributed by atoms with Gasteiger partial charge < -0.3 is 15.2 Å². The average molecular weight is 474 g/mol. The van der Waals surface area contributed by atoms with Crippen molar-refractivity contribution in [3.63, 3.8) is 0 Å². The molecule has 1 amide bonds. The fourth-order valence-electron chi connectivity index (χ4n) is 3.38. The Balaban J connectivity index is 1.51. The molecule has 0 aliphatic rings. The molecule has 4 aromatic rings. The summed E-state index contributed by atoms with van der Waals surface area (Å²) in [6, 6.07) is 16.2. The standard InChI is InChI=1S/C25H23N5O3S/c1-16-5-8-21(28-24(31)18-6-7-20(15-34(32)33)17(2)12-18)13-23(16)30-25-27-11-9-22(29-25)19-4-3-10-26-14-19/h3-14H,15H2,1-2H3,(H,28,31)(H,32,33)(H,27,29,30). The smallest absolute Gasteiger partial charge is 0.255 e. The van der Waals surface area contributed by atoms with Crippen molar-refractivity contribution in [2.24, 2.45) is 0 Å². The fourth-order valence-corrected chi connectivity index (χ4v) is 3.97. The second-order valence-corrected chi connectivity index (χ2v) is 8.65. The van der Waals surface area contributed by atoms with E-state index in [9.17, 15) is 9.00 Å². The highest BCUT2D eigenvalue weighted by Crippen LogP contribution is 2.25. The van der Waals surface area contributed by atoms with Crippen LogP contribution in [0.5, 0.6) is 0 Å². The number of pyridine rings is 1. The summed E-state index contributed by atoms with van der Waals surface area (Å²) < 4.78 is 20.2. The van der Waals surface area contributed by atoms with Gasteiger partial charge in [0.15, 0.2) is 11.1 Å². The lowest BCUT2D eigenvalue weighted by Crippen LogP contribution is -2.13. The van der Waals surface area contributed by atoms with Crippen LogP contribution in [0.4, 0.5) is 17.3 Å². The van der Waals surface area contributed by atoms with Gasteiger partial charge in [-0.3, -0.25) is 9.78 Å². The van der Waals surface area contributed by atoms with Crippen LogP contribution in [0.1, 0.15) is 27.0 Å². The number of nitrogens with zero attached hydrogens (tertiary/aromatic N) is 3. The van der Waals surface area contributed by atoms with E-state index < -0.39 is 11.1 Å². The molecule has 2 aromatic heterocycles. The van der Waals surface area contributed by atoms with Gasteiger partial charge in [0, 0.05) is 41.1 Å². The first-order valence-electron chi connectivity index (χ1n) is 10.5. The third-order valence-corrected chi connectivity index (χ3v) is 5.80. The first-order valence-corrected chi connectivity index (χ1v) is 11.8. The van der Waals surface area contributed by atoms with E-state index in [1.165, 1.54) is 0 Å². The number of rotatable bonds is 7. The predicted octanol–water partition coefficient (Wildman–Crippen LogP) is 4.87. The molecular formula is C25H23N5O3S. The Bertz CT molecular complexity index is 1360. The summed E-state index contributed by atoms with van der Waals surface area (Å²) in [6.07, 6.45) is 5.13. The number of hydrogen-bond acceptors (Lipinski definition) is 6. The summed E-state index contributed by atoms with van der Waals surface area (Å²) in [5, 5.41) is 6.12. The Labute approximate surface area is 199 Å². The highest BCUT2D eigenvalue weighted by Gasteiger charge is 2.11. The van der Waals surface area contributed by atoms with E-state index in [1.54, 1.807) is 36.8 Å². The number of amides is 1. The Morgan fingerprint density at radius 2 is 1.88 bits per heavy atom. The second-order valence-electron chi connectivity index (χ2n) is 7.72. The molecule has 9 heteroatoms. The van der Waals surface area contributed by atoms with Crippen LogP contribution in [0.2, 0.25) is 0 Å². The molecule has 0 fully saturated rings. The van der Waals surface area contributed by atoms with E-state index in [0.29, 0.717) is 17.2 Å². The van der Waals surface area contributed by atoms with E-state index in [-0.39, 0.29) is 11.7 Å². The van der Waals surface area contributed by atoms with Crippen molar-refractivity contribution in [2.45, 2.75) is 19.6 Å². The van der Waals surface area contributed by atoms with Gasteiger partial charge in [0.1, 0.15) is 0 Å². The summed E-state index contributed by atoms with van der Waals surface area (Å²) in [5.41, 5.74) is 5.95. The number of nitrogens with one attached hydrogen (secondary N) is 2. The minimum absolute atomic E-state index is 0.0325. The molecule has 172 valence electrons. The van der Waals surface area contributed by atoms with Crippen LogP contribution in [-0.4, -0.2) is 29.6 Å². The van der Waals surface area contributed by atoms with Crippen LogP contribution in [0.3, 0.4) is 0 Å². The van der Waals surface area contributed by atoms with E-state index in [1.807, 2.05) is 50.2 Å². The molecule has 0 spiro atoms. The molecule has 0 saturated heterocycles. The molecule has 0 aliphatic heterocycles. The lowest BCUT2D eigenvalue weighted by Gasteiger charge is -2.13. The topological polar surface area (TPSA) is 117 Å². The Morgan fingerprint density at radius 3 is 2.62 bits per heavy atom. The molecule has 0 saturated carbocycles. The zero-order valence-corrected chi connectivity index (χ0v) is 19.5.